The Kier molecular flexibility index (Phi) is 8.15. The predicted molar refractivity (Wildman–Crippen MR) is 129 cm³/mol. The molecule has 1 fully saturated rings. The third-order valence-corrected chi connectivity index (χ3v) is 8.79. The predicted octanol–water partition coefficient (Wildman–Crippen LogP) is 2.95. The molecule has 7 nitrogen and oxygen atoms in total. The van der Waals surface area contributed by atoms with Gasteiger partial charge in [-0.1, -0.05) is 44.2 Å². The molecule has 0 radical (unpaired) electrons. The summed E-state index contributed by atoms with van der Waals surface area (Å²) in [5.41, 5.74) is 1.54. The zero-order valence-electron chi connectivity index (χ0n) is 19.3. The minimum Gasteiger partial charge on any atom is -0.369 e. The second-order valence-corrected chi connectivity index (χ2v) is 12.6. The zero-order chi connectivity index (χ0) is 24.2. The van der Waals surface area contributed by atoms with Crippen molar-refractivity contribution in [2.45, 2.75) is 31.5 Å². The van der Waals surface area contributed by atoms with Crippen LogP contribution in [-0.4, -0.2) is 70.7 Å². The number of alkyl halides is 1. The van der Waals surface area contributed by atoms with Crippen molar-refractivity contribution in [3.63, 3.8) is 0 Å². The van der Waals surface area contributed by atoms with Crippen LogP contribution >= 0.6 is 0 Å². The number of hydrogen-bond acceptors (Lipinski definition) is 5. The molecule has 0 N–H and O–H groups in total. The average molecular weight is 498 g/mol. The van der Waals surface area contributed by atoms with Gasteiger partial charge in [-0.2, -0.15) is 8.61 Å². The first-order valence-corrected chi connectivity index (χ1v) is 14.3. The zero-order valence-corrected chi connectivity index (χ0v) is 20.9. The normalized spacial score (nSPS) is 17.0. The van der Waals surface area contributed by atoms with Crippen LogP contribution in [-0.2, 0) is 26.5 Å². The number of sulfonamides is 2. The topological polar surface area (TPSA) is 78.0 Å². The van der Waals surface area contributed by atoms with Crippen LogP contribution in [0.4, 0.5) is 10.1 Å². The quantitative estimate of drug-likeness (QED) is 0.498. The van der Waals surface area contributed by atoms with Crippen LogP contribution in [0.1, 0.15) is 19.4 Å². The minimum absolute atomic E-state index is 0.0184. The van der Waals surface area contributed by atoms with E-state index in [2.05, 4.69) is 0 Å². The molecule has 0 amide bonds. The molecule has 0 aliphatic carbocycles. The fourth-order valence-corrected chi connectivity index (χ4v) is 6.32. The van der Waals surface area contributed by atoms with Crippen molar-refractivity contribution in [1.82, 2.24) is 8.61 Å². The second-order valence-electron chi connectivity index (χ2n) is 8.74. The Balaban J connectivity index is 1.76. The van der Waals surface area contributed by atoms with E-state index in [9.17, 15) is 16.8 Å². The first-order valence-electron chi connectivity index (χ1n) is 11.0. The minimum atomic E-state index is -4.04. The molecule has 10 heteroatoms. The SMILES string of the molecule is CC(C)CN(C(F)Cc1ccccc1)S(=O)(=O)c1ccc(N2CCN(S(C)(=O)=O)CC2)cc1. The van der Waals surface area contributed by atoms with Gasteiger partial charge in [-0.3, -0.25) is 0 Å². The summed E-state index contributed by atoms with van der Waals surface area (Å²) in [6.07, 6.45) is -0.500. The third kappa shape index (κ3) is 6.53. The molecule has 1 aliphatic rings. The van der Waals surface area contributed by atoms with Crippen molar-refractivity contribution < 1.29 is 21.2 Å². The van der Waals surface area contributed by atoms with E-state index in [0.717, 1.165) is 15.6 Å². The molecule has 1 aliphatic heterocycles. The highest BCUT2D eigenvalue weighted by molar-refractivity contribution is 7.89. The Hall–Kier alpha value is -2.01. The standard InChI is InChI=1S/C23H32FN3O4S2/c1-19(2)18-27(23(24)17-20-7-5-4-6-8-20)33(30,31)22-11-9-21(10-12-22)25-13-15-26(16-14-25)32(3,28)29/h4-12,19,23H,13-18H2,1-3H3. The highest BCUT2D eigenvalue weighted by Crippen LogP contribution is 2.26. The molecule has 0 aromatic heterocycles. The summed E-state index contributed by atoms with van der Waals surface area (Å²) in [5.74, 6) is -0.0424. The smallest absolute Gasteiger partial charge is 0.245 e. The molecule has 1 saturated heterocycles. The highest BCUT2D eigenvalue weighted by atomic mass is 32.2. The van der Waals surface area contributed by atoms with Crippen LogP contribution < -0.4 is 4.90 Å². The molecule has 1 unspecified atom stereocenters. The molecule has 33 heavy (non-hydrogen) atoms. The number of piperazine rings is 1. The monoisotopic (exact) mass is 497 g/mol. The maximum atomic E-state index is 15.3. The van der Waals surface area contributed by atoms with Gasteiger partial charge >= 0.3 is 0 Å². The van der Waals surface area contributed by atoms with Crippen LogP contribution in [0.5, 0.6) is 0 Å². The lowest BCUT2D eigenvalue weighted by Gasteiger charge is -2.34. The molecular formula is C23H32FN3O4S2. The summed E-state index contributed by atoms with van der Waals surface area (Å²) < 4.78 is 67.7. The fourth-order valence-electron chi connectivity index (χ4n) is 3.88. The van der Waals surface area contributed by atoms with Crippen molar-refractivity contribution in [2.75, 3.05) is 43.9 Å². The summed E-state index contributed by atoms with van der Waals surface area (Å²) in [7, 11) is -7.26. The lowest BCUT2D eigenvalue weighted by molar-refractivity contribution is 0.152. The largest absolute Gasteiger partial charge is 0.369 e. The van der Waals surface area contributed by atoms with E-state index >= 15 is 4.39 Å². The number of rotatable bonds is 9. The maximum Gasteiger partial charge on any atom is 0.245 e. The van der Waals surface area contributed by atoms with E-state index in [1.807, 2.05) is 24.8 Å². The molecule has 0 bridgehead atoms. The lowest BCUT2D eigenvalue weighted by atomic mass is 10.1. The van der Waals surface area contributed by atoms with Gasteiger partial charge in [0.1, 0.15) is 0 Å². The first kappa shape index (κ1) is 25.6. The number of benzene rings is 2. The van der Waals surface area contributed by atoms with Crippen LogP contribution in [0.15, 0.2) is 59.5 Å². The lowest BCUT2D eigenvalue weighted by Crippen LogP contribution is -2.48. The Morgan fingerprint density at radius 3 is 2.00 bits per heavy atom. The van der Waals surface area contributed by atoms with Crippen molar-refractivity contribution in [3.05, 3.63) is 60.2 Å². The average Bonchev–Trinajstić information content (AvgIpc) is 2.77. The molecule has 0 saturated carbocycles. The summed E-state index contributed by atoms with van der Waals surface area (Å²) in [6, 6.07) is 15.4. The number of nitrogens with zero attached hydrogens (tertiary/aromatic N) is 3. The van der Waals surface area contributed by atoms with E-state index in [-0.39, 0.29) is 23.8 Å². The van der Waals surface area contributed by atoms with Gasteiger partial charge in [-0.25, -0.2) is 21.2 Å². The van der Waals surface area contributed by atoms with Gasteiger partial charge in [0.25, 0.3) is 0 Å². The third-order valence-electron chi connectivity index (χ3n) is 5.62. The van der Waals surface area contributed by atoms with Gasteiger partial charge in [0, 0.05) is 44.8 Å². The van der Waals surface area contributed by atoms with Gasteiger partial charge in [-0.15, -0.1) is 0 Å². The first-order chi connectivity index (χ1) is 15.5. The van der Waals surface area contributed by atoms with Crippen LogP contribution in [0, 0.1) is 5.92 Å². The van der Waals surface area contributed by atoms with Crippen molar-refractivity contribution >= 4 is 25.7 Å². The van der Waals surface area contributed by atoms with Gasteiger partial charge in [0.05, 0.1) is 11.2 Å². The number of halogens is 1. The fraction of sp³-hybridized carbons (Fsp3) is 0.478. The van der Waals surface area contributed by atoms with E-state index in [0.29, 0.717) is 26.2 Å². The summed E-state index contributed by atoms with van der Waals surface area (Å²) in [5, 5.41) is 0. The van der Waals surface area contributed by atoms with Crippen LogP contribution in [0.25, 0.3) is 0 Å². The van der Waals surface area contributed by atoms with Crippen molar-refractivity contribution in [1.29, 1.82) is 0 Å². The highest BCUT2D eigenvalue weighted by Gasteiger charge is 2.32. The number of hydrogen-bond donors (Lipinski definition) is 0. The second kappa shape index (κ2) is 10.5. The Morgan fingerprint density at radius 2 is 1.48 bits per heavy atom. The Labute approximate surface area is 196 Å². The molecule has 1 heterocycles. The molecule has 2 aromatic carbocycles. The molecule has 2 aromatic rings. The van der Waals surface area contributed by atoms with Crippen molar-refractivity contribution in [2.24, 2.45) is 5.92 Å². The summed E-state index contributed by atoms with van der Waals surface area (Å²) in [4.78, 5) is 2.05. The molecule has 0 spiro atoms. The maximum absolute atomic E-state index is 15.3. The molecular weight excluding hydrogens is 465 g/mol. The summed E-state index contributed by atoms with van der Waals surface area (Å²) >= 11 is 0. The Morgan fingerprint density at radius 1 is 0.909 bits per heavy atom. The van der Waals surface area contributed by atoms with Crippen molar-refractivity contribution in [3.8, 4) is 0 Å². The van der Waals surface area contributed by atoms with Gasteiger partial charge < -0.3 is 4.90 Å². The summed E-state index contributed by atoms with van der Waals surface area (Å²) in [6.45, 7) is 5.58. The van der Waals surface area contributed by atoms with Gasteiger partial charge in [0.15, 0.2) is 6.30 Å². The number of anilines is 1. The van der Waals surface area contributed by atoms with E-state index in [1.54, 1.807) is 36.4 Å². The molecule has 1 atom stereocenters. The van der Waals surface area contributed by atoms with E-state index < -0.39 is 26.3 Å². The van der Waals surface area contributed by atoms with Gasteiger partial charge in [0.2, 0.25) is 20.0 Å². The van der Waals surface area contributed by atoms with Crippen LogP contribution in [0.2, 0.25) is 0 Å². The van der Waals surface area contributed by atoms with Crippen LogP contribution in [0.3, 0.4) is 0 Å². The Bertz CT molecular complexity index is 1120. The van der Waals surface area contributed by atoms with E-state index in [1.165, 1.54) is 22.7 Å². The molecule has 3 rings (SSSR count). The van der Waals surface area contributed by atoms with Gasteiger partial charge in [-0.05, 0) is 35.7 Å². The molecule has 182 valence electrons. The van der Waals surface area contributed by atoms with E-state index in [4.69, 9.17) is 0 Å².